The van der Waals surface area contributed by atoms with E-state index < -0.39 is 10.0 Å². The Morgan fingerprint density at radius 1 is 1.45 bits per heavy atom. The zero-order valence-corrected chi connectivity index (χ0v) is 15.4. The number of likely N-dealkylation sites (N-methyl/N-ethyl adjacent to an activating group) is 1. The molecule has 1 heterocycles. The highest BCUT2D eigenvalue weighted by molar-refractivity contribution is 9.11. The maximum absolute atomic E-state index is 12.4. The molecule has 0 atom stereocenters. The second-order valence-corrected chi connectivity index (χ2v) is 10.2. The normalized spacial score (nSPS) is 12.8. The van der Waals surface area contributed by atoms with Crippen LogP contribution < -0.4 is 5.32 Å². The summed E-state index contributed by atoms with van der Waals surface area (Å²) in [6.07, 6.45) is 0. The van der Waals surface area contributed by atoms with E-state index in [-0.39, 0.29) is 22.9 Å². The molecule has 1 aromatic heterocycles. The van der Waals surface area contributed by atoms with E-state index in [1.165, 1.54) is 18.4 Å². The van der Waals surface area contributed by atoms with Crippen LogP contribution in [0.15, 0.2) is 14.7 Å². The smallest absolute Gasteiger partial charge is 0.244 e. The van der Waals surface area contributed by atoms with Crippen LogP contribution in [-0.2, 0) is 14.8 Å². The van der Waals surface area contributed by atoms with Gasteiger partial charge in [0.25, 0.3) is 0 Å². The van der Waals surface area contributed by atoms with Gasteiger partial charge in [0.05, 0.1) is 15.2 Å². The van der Waals surface area contributed by atoms with E-state index in [9.17, 15) is 13.2 Å². The van der Waals surface area contributed by atoms with E-state index in [2.05, 4.69) is 21.2 Å². The first kappa shape index (κ1) is 17.6. The average Bonchev–Trinajstić information content (AvgIpc) is 2.55. The highest BCUT2D eigenvalue weighted by Crippen LogP contribution is 2.31. The summed E-state index contributed by atoms with van der Waals surface area (Å²) < 4.78 is 26.6. The quantitative estimate of drug-likeness (QED) is 0.868. The van der Waals surface area contributed by atoms with Crippen LogP contribution >= 0.6 is 27.3 Å². The maximum atomic E-state index is 12.4. The first-order chi connectivity index (χ1) is 8.93. The molecule has 8 heteroatoms. The van der Waals surface area contributed by atoms with Crippen LogP contribution in [0.4, 0.5) is 0 Å². The highest BCUT2D eigenvalue weighted by Gasteiger charge is 2.27. The monoisotopic (exact) mass is 382 g/mol. The largest absolute Gasteiger partial charge is 0.350 e. The molecule has 1 amide bonds. The number of thiophene rings is 1. The number of carbonyl (C=O) groups excluding carboxylic acids is 1. The Morgan fingerprint density at radius 3 is 2.40 bits per heavy atom. The first-order valence-corrected chi connectivity index (χ1v) is 9.02. The van der Waals surface area contributed by atoms with Crippen molar-refractivity contribution in [3.63, 3.8) is 0 Å². The van der Waals surface area contributed by atoms with Gasteiger partial charge in [-0.05, 0) is 49.7 Å². The van der Waals surface area contributed by atoms with Gasteiger partial charge in [-0.1, -0.05) is 0 Å². The van der Waals surface area contributed by atoms with Crippen LogP contribution in [-0.4, -0.2) is 37.8 Å². The minimum Gasteiger partial charge on any atom is -0.350 e. The summed E-state index contributed by atoms with van der Waals surface area (Å²) in [5.41, 5.74) is -0.386. The van der Waals surface area contributed by atoms with Crippen molar-refractivity contribution in [3.05, 3.63) is 14.7 Å². The lowest BCUT2D eigenvalue weighted by Crippen LogP contribution is -2.46. The Balaban J connectivity index is 2.89. The van der Waals surface area contributed by atoms with E-state index in [1.54, 1.807) is 13.0 Å². The molecule has 1 N–H and O–H groups in total. The third kappa shape index (κ3) is 4.54. The van der Waals surface area contributed by atoms with Crippen LogP contribution in [0.5, 0.6) is 0 Å². The van der Waals surface area contributed by atoms with E-state index in [1.807, 2.05) is 20.8 Å². The fraction of sp³-hybridized carbons (Fsp3) is 0.583. The molecule has 114 valence electrons. The van der Waals surface area contributed by atoms with Gasteiger partial charge in [0.15, 0.2) is 0 Å². The van der Waals surface area contributed by atoms with Crippen LogP contribution in [0.3, 0.4) is 0 Å². The minimum atomic E-state index is -3.65. The Morgan fingerprint density at radius 2 is 2.00 bits per heavy atom. The molecule has 1 aromatic rings. The molecule has 0 aliphatic rings. The molecule has 0 spiro atoms. The van der Waals surface area contributed by atoms with E-state index in [0.717, 1.165) is 8.09 Å². The summed E-state index contributed by atoms with van der Waals surface area (Å²) in [6.45, 7) is 7.08. The van der Waals surface area contributed by atoms with Crippen LogP contribution in [0, 0.1) is 6.92 Å². The number of carbonyl (C=O) groups is 1. The Labute approximate surface area is 132 Å². The number of nitrogens with zero attached hydrogens (tertiary/aromatic N) is 1. The molecule has 0 aromatic carbocycles. The summed E-state index contributed by atoms with van der Waals surface area (Å²) in [6, 6.07) is 1.56. The number of aryl methyl sites for hydroxylation is 1. The maximum Gasteiger partial charge on any atom is 0.244 e. The van der Waals surface area contributed by atoms with Crippen molar-refractivity contribution in [3.8, 4) is 0 Å². The Kier molecular flexibility index (Phi) is 5.40. The number of rotatable bonds is 4. The summed E-state index contributed by atoms with van der Waals surface area (Å²) in [5, 5.41) is 2.74. The Bertz CT molecular complexity index is 603. The lowest BCUT2D eigenvalue weighted by Gasteiger charge is -2.23. The molecule has 0 radical (unpaired) electrons. The lowest BCUT2D eigenvalue weighted by atomic mass is 10.1. The Hall–Kier alpha value is -0.440. The molecule has 5 nitrogen and oxygen atoms in total. The van der Waals surface area contributed by atoms with Crippen molar-refractivity contribution in [2.24, 2.45) is 0 Å². The topological polar surface area (TPSA) is 66.5 Å². The van der Waals surface area contributed by atoms with Gasteiger partial charge in [-0.15, -0.1) is 11.3 Å². The molecule has 0 aliphatic carbocycles. The average molecular weight is 383 g/mol. The molecule has 1 rings (SSSR count). The molecule has 0 saturated carbocycles. The molecule has 0 aliphatic heterocycles. The van der Waals surface area contributed by atoms with Crippen molar-refractivity contribution in [2.75, 3.05) is 13.6 Å². The molecule has 0 bridgehead atoms. The second-order valence-electron chi connectivity index (χ2n) is 5.53. The van der Waals surface area contributed by atoms with E-state index in [4.69, 9.17) is 0 Å². The zero-order chi connectivity index (χ0) is 15.7. The molecule has 0 saturated heterocycles. The third-order valence-corrected chi connectivity index (χ3v) is 6.02. The van der Waals surface area contributed by atoms with Crippen molar-refractivity contribution >= 4 is 43.2 Å². The SMILES string of the molecule is Cc1sc(Br)cc1S(=O)(=O)N(C)CC(=O)NC(C)(C)C. The number of hydrogen-bond donors (Lipinski definition) is 1. The fourth-order valence-electron chi connectivity index (χ4n) is 1.60. The van der Waals surface area contributed by atoms with Gasteiger partial charge < -0.3 is 5.32 Å². The van der Waals surface area contributed by atoms with Crippen molar-refractivity contribution in [1.29, 1.82) is 0 Å². The van der Waals surface area contributed by atoms with Crippen molar-refractivity contribution < 1.29 is 13.2 Å². The highest BCUT2D eigenvalue weighted by atomic mass is 79.9. The first-order valence-electron chi connectivity index (χ1n) is 5.97. The molecule has 0 fully saturated rings. The van der Waals surface area contributed by atoms with Gasteiger partial charge in [-0.25, -0.2) is 8.42 Å². The van der Waals surface area contributed by atoms with Crippen LogP contribution in [0.25, 0.3) is 0 Å². The van der Waals surface area contributed by atoms with Crippen LogP contribution in [0.2, 0.25) is 0 Å². The molecular weight excluding hydrogens is 364 g/mol. The van der Waals surface area contributed by atoms with Gasteiger partial charge in [-0.3, -0.25) is 4.79 Å². The molecule has 0 unspecified atom stereocenters. The molecular formula is C12H19BrN2O3S2. The van der Waals surface area contributed by atoms with Crippen molar-refractivity contribution in [1.82, 2.24) is 9.62 Å². The van der Waals surface area contributed by atoms with E-state index in [0.29, 0.717) is 4.88 Å². The van der Waals surface area contributed by atoms with Crippen LogP contribution in [0.1, 0.15) is 25.6 Å². The number of hydrogen-bond acceptors (Lipinski definition) is 4. The number of halogens is 1. The third-order valence-electron chi connectivity index (χ3n) is 2.41. The van der Waals surface area contributed by atoms with Gasteiger partial charge in [0.2, 0.25) is 15.9 Å². The summed E-state index contributed by atoms with van der Waals surface area (Å²) >= 11 is 4.62. The minimum absolute atomic E-state index is 0.202. The zero-order valence-electron chi connectivity index (χ0n) is 12.2. The molecule has 20 heavy (non-hydrogen) atoms. The fourth-order valence-corrected chi connectivity index (χ4v) is 5.11. The lowest BCUT2D eigenvalue weighted by molar-refractivity contribution is -0.122. The second kappa shape index (κ2) is 6.13. The summed E-state index contributed by atoms with van der Waals surface area (Å²) in [5.74, 6) is -0.324. The number of nitrogens with one attached hydrogen (secondary N) is 1. The predicted octanol–water partition coefficient (Wildman–Crippen LogP) is 2.35. The standard InChI is InChI=1S/C12H19BrN2O3S2/c1-8-9(6-10(13)19-8)20(17,18)15(5)7-11(16)14-12(2,3)4/h6H,7H2,1-5H3,(H,14,16). The van der Waals surface area contributed by atoms with Gasteiger partial charge in [0.1, 0.15) is 0 Å². The summed E-state index contributed by atoms with van der Waals surface area (Å²) in [4.78, 5) is 12.7. The van der Waals surface area contributed by atoms with E-state index >= 15 is 0 Å². The van der Waals surface area contributed by atoms with Gasteiger partial charge in [-0.2, -0.15) is 4.31 Å². The predicted molar refractivity (Wildman–Crippen MR) is 84.5 cm³/mol. The van der Waals surface area contributed by atoms with Gasteiger partial charge >= 0.3 is 0 Å². The number of sulfonamides is 1. The van der Waals surface area contributed by atoms with Gasteiger partial charge in [0, 0.05) is 17.5 Å². The number of amides is 1. The van der Waals surface area contributed by atoms with Crippen molar-refractivity contribution in [2.45, 2.75) is 38.1 Å². The summed E-state index contributed by atoms with van der Waals surface area (Å²) in [7, 11) is -2.24.